The van der Waals surface area contributed by atoms with E-state index in [9.17, 15) is 9.59 Å². The van der Waals surface area contributed by atoms with Crippen molar-refractivity contribution in [3.05, 3.63) is 16.3 Å². The Morgan fingerprint density at radius 3 is 2.89 bits per heavy atom. The fourth-order valence-electron chi connectivity index (χ4n) is 2.49. The zero-order valence-corrected chi connectivity index (χ0v) is 12.2. The van der Waals surface area contributed by atoms with Gasteiger partial charge >= 0.3 is 0 Å². The fourth-order valence-corrected chi connectivity index (χ4v) is 3.30. The molecule has 1 fully saturated rings. The zero-order chi connectivity index (χ0) is 13.8. The number of nitrogens with zero attached hydrogens (tertiary/aromatic N) is 1. The summed E-state index contributed by atoms with van der Waals surface area (Å²) in [7, 11) is 1.59. The normalized spacial score (nSPS) is 19.3. The van der Waals surface area contributed by atoms with Crippen molar-refractivity contribution >= 4 is 23.0 Å². The summed E-state index contributed by atoms with van der Waals surface area (Å²) in [6, 6.07) is 1.83. The second kappa shape index (κ2) is 6.19. The van der Waals surface area contributed by atoms with Gasteiger partial charge in [-0.1, -0.05) is 0 Å². The van der Waals surface area contributed by atoms with Crippen LogP contribution in [0.3, 0.4) is 0 Å². The van der Waals surface area contributed by atoms with Crippen molar-refractivity contribution < 1.29 is 14.3 Å². The number of amides is 1. The highest BCUT2D eigenvalue weighted by Crippen LogP contribution is 2.27. The van der Waals surface area contributed by atoms with E-state index in [4.69, 9.17) is 4.74 Å². The molecular weight excluding hydrogens is 262 g/mol. The third-order valence-corrected chi connectivity index (χ3v) is 4.33. The lowest BCUT2D eigenvalue weighted by molar-refractivity contribution is -0.118. The second-order valence-corrected chi connectivity index (χ2v) is 5.82. The van der Waals surface area contributed by atoms with Crippen LogP contribution in [0.15, 0.2) is 11.4 Å². The maximum atomic E-state index is 12.5. The zero-order valence-electron chi connectivity index (χ0n) is 11.3. The molecule has 0 N–H and O–H groups in total. The van der Waals surface area contributed by atoms with Crippen LogP contribution >= 0.6 is 11.3 Å². The highest BCUT2D eigenvalue weighted by atomic mass is 32.1. The lowest BCUT2D eigenvalue weighted by Crippen LogP contribution is -2.44. The van der Waals surface area contributed by atoms with Crippen LogP contribution in [0.4, 0.5) is 0 Å². The third-order valence-electron chi connectivity index (χ3n) is 3.43. The molecule has 1 aliphatic heterocycles. The summed E-state index contributed by atoms with van der Waals surface area (Å²) < 4.78 is 5.11. The van der Waals surface area contributed by atoms with Crippen LogP contribution in [0.2, 0.25) is 0 Å². The van der Waals surface area contributed by atoms with E-state index >= 15 is 0 Å². The summed E-state index contributed by atoms with van der Waals surface area (Å²) >= 11 is 1.40. The minimum atomic E-state index is 0.0271. The first-order valence-corrected chi connectivity index (χ1v) is 7.42. The number of ether oxygens (including phenoxy) is 1. The number of Topliss-reactive ketones (excluding diaryl/α,β-unsaturated/α-hetero) is 1. The highest BCUT2D eigenvalue weighted by molar-refractivity contribution is 7.12. The van der Waals surface area contributed by atoms with Gasteiger partial charge in [0.15, 0.2) is 0 Å². The molecule has 0 aliphatic carbocycles. The molecule has 1 unspecified atom stereocenters. The Kier molecular flexibility index (Phi) is 4.58. The molecule has 1 saturated heterocycles. The lowest BCUT2D eigenvalue weighted by Gasteiger charge is -2.35. The largest absolute Gasteiger partial charge is 0.496 e. The lowest BCUT2D eigenvalue weighted by atomic mass is 9.97. The second-order valence-electron chi connectivity index (χ2n) is 4.91. The third kappa shape index (κ3) is 3.35. The number of piperidine rings is 1. The molecule has 1 amide bonds. The molecule has 0 aromatic carbocycles. The first-order valence-electron chi connectivity index (χ1n) is 6.54. The summed E-state index contributed by atoms with van der Waals surface area (Å²) in [5, 5.41) is 1.83. The van der Waals surface area contributed by atoms with E-state index in [1.165, 1.54) is 11.3 Å². The fraction of sp³-hybridized carbons (Fsp3) is 0.571. The molecule has 4 nitrogen and oxygen atoms in total. The molecule has 19 heavy (non-hydrogen) atoms. The average molecular weight is 281 g/mol. The Morgan fingerprint density at radius 1 is 1.47 bits per heavy atom. The molecule has 0 saturated carbocycles. The molecule has 1 aromatic heterocycles. The average Bonchev–Trinajstić information content (AvgIpc) is 2.86. The number of hydrogen-bond acceptors (Lipinski definition) is 4. The van der Waals surface area contributed by atoms with E-state index in [1.54, 1.807) is 20.1 Å². The van der Waals surface area contributed by atoms with Gasteiger partial charge in [-0.2, -0.15) is 0 Å². The molecule has 1 aromatic rings. The van der Waals surface area contributed by atoms with Crippen LogP contribution in [-0.2, 0) is 4.79 Å². The molecule has 2 heterocycles. The summed E-state index contributed by atoms with van der Waals surface area (Å²) in [5.41, 5.74) is 0. The standard InChI is InChI=1S/C14H19NO3S/c1-10(16)7-11-5-3-4-6-15(11)14(17)13-8-12(18-2)9-19-13/h8-9,11H,3-7H2,1-2H3. The number of carbonyl (C=O) groups excluding carboxylic acids is 2. The van der Waals surface area contributed by atoms with Crippen molar-refractivity contribution in [2.45, 2.75) is 38.6 Å². The molecule has 0 spiro atoms. The van der Waals surface area contributed by atoms with Crippen LogP contribution in [0, 0.1) is 0 Å². The van der Waals surface area contributed by atoms with Gasteiger partial charge in [0.1, 0.15) is 11.5 Å². The molecule has 104 valence electrons. The minimum absolute atomic E-state index is 0.0271. The highest BCUT2D eigenvalue weighted by Gasteiger charge is 2.29. The van der Waals surface area contributed by atoms with E-state index < -0.39 is 0 Å². The van der Waals surface area contributed by atoms with Gasteiger partial charge in [0.2, 0.25) is 0 Å². The molecule has 1 atom stereocenters. The van der Waals surface area contributed by atoms with Gasteiger partial charge in [-0.25, -0.2) is 0 Å². The predicted molar refractivity (Wildman–Crippen MR) is 74.8 cm³/mol. The number of hydrogen-bond donors (Lipinski definition) is 0. The van der Waals surface area contributed by atoms with Crippen molar-refractivity contribution in [2.75, 3.05) is 13.7 Å². The monoisotopic (exact) mass is 281 g/mol. The van der Waals surface area contributed by atoms with Crippen LogP contribution in [0.1, 0.15) is 42.3 Å². The van der Waals surface area contributed by atoms with Crippen LogP contribution in [0.25, 0.3) is 0 Å². The van der Waals surface area contributed by atoms with E-state index in [-0.39, 0.29) is 17.7 Å². The number of likely N-dealkylation sites (tertiary alicyclic amines) is 1. The van der Waals surface area contributed by atoms with Gasteiger partial charge in [0.25, 0.3) is 5.91 Å². The van der Waals surface area contributed by atoms with Crippen molar-refractivity contribution in [1.29, 1.82) is 0 Å². The SMILES string of the molecule is COc1csc(C(=O)N2CCCCC2CC(C)=O)c1. The van der Waals surface area contributed by atoms with E-state index in [0.29, 0.717) is 17.0 Å². The molecule has 5 heteroatoms. The van der Waals surface area contributed by atoms with Gasteiger partial charge in [-0.3, -0.25) is 9.59 Å². The maximum Gasteiger partial charge on any atom is 0.264 e. The molecule has 0 bridgehead atoms. The first-order chi connectivity index (χ1) is 9.11. The number of methoxy groups -OCH3 is 1. The first kappa shape index (κ1) is 14.1. The topological polar surface area (TPSA) is 46.6 Å². The Bertz CT molecular complexity index is 469. The summed E-state index contributed by atoms with van der Waals surface area (Å²) in [6.45, 7) is 2.34. The van der Waals surface area contributed by atoms with Gasteiger partial charge in [0.05, 0.1) is 12.0 Å². The number of rotatable bonds is 4. The Labute approximate surface area is 117 Å². The predicted octanol–water partition coefficient (Wildman–Crippen LogP) is 2.73. The van der Waals surface area contributed by atoms with Gasteiger partial charge in [-0.05, 0) is 26.2 Å². The number of carbonyl (C=O) groups is 2. The Morgan fingerprint density at radius 2 is 2.26 bits per heavy atom. The van der Waals surface area contributed by atoms with E-state index in [2.05, 4.69) is 0 Å². The smallest absolute Gasteiger partial charge is 0.264 e. The van der Waals surface area contributed by atoms with Crippen molar-refractivity contribution in [3.63, 3.8) is 0 Å². The summed E-state index contributed by atoms with van der Waals surface area (Å²) in [6.07, 6.45) is 3.50. The quantitative estimate of drug-likeness (QED) is 0.852. The van der Waals surface area contributed by atoms with Crippen molar-refractivity contribution in [1.82, 2.24) is 4.90 Å². The van der Waals surface area contributed by atoms with Gasteiger partial charge in [0, 0.05) is 30.5 Å². The molecule has 2 rings (SSSR count). The van der Waals surface area contributed by atoms with E-state index in [1.807, 2.05) is 10.3 Å². The minimum Gasteiger partial charge on any atom is -0.496 e. The molecular formula is C14H19NO3S. The molecule has 1 aliphatic rings. The van der Waals surface area contributed by atoms with Gasteiger partial charge in [-0.15, -0.1) is 11.3 Å². The van der Waals surface area contributed by atoms with Gasteiger partial charge < -0.3 is 9.64 Å². The Hall–Kier alpha value is -1.36. The van der Waals surface area contributed by atoms with Crippen molar-refractivity contribution in [3.8, 4) is 5.75 Å². The number of ketones is 1. The van der Waals surface area contributed by atoms with Crippen molar-refractivity contribution in [2.24, 2.45) is 0 Å². The van der Waals surface area contributed by atoms with E-state index in [0.717, 1.165) is 25.8 Å². The summed E-state index contributed by atoms with van der Waals surface area (Å²) in [4.78, 5) is 26.3. The maximum absolute atomic E-state index is 12.5. The van der Waals surface area contributed by atoms with Crippen LogP contribution < -0.4 is 4.74 Å². The summed E-state index contributed by atoms with van der Waals surface area (Å²) in [5.74, 6) is 0.890. The Balaban J connectivity index is 2.12. The van der Waals surface area contributed by atoms with Crippen LogP contribution in [-0.4, -0.2) is 36.3 Å². The van der Waals surface area contributed by atoms with Crippen LogP contribution in [0.5, 0.6) is 5.75 Å². The molecule has 0 radical (unpaired) electrons. The number of thiophene rings is 1.